The van der Waals surface area contributed by atoms with Crippen molar-refractivity contribution in [2.45, 2.75) is 18.6 Å². The monoisotopic (exact) mass is 247 g/mol. The van der Waals surface area contributed by atoms with Gasteiger partial charge in [-0.05, 0) is 19.1 Å². The van der Waals surface area contributed by atoms with Crippen molar-refractivity contribution in [1.82, 2.24) is 0 Å². The Morgan fingerprint density at radius 1 is 1.80 bits per heavy atom. The van der Waals surface area contributed by atoms with Gasteiger partial charge in [-0.3, -0.25) is 3.07 Å². The maximum absolute atomic E-state index is 5.46. The van der Waals surface area contributed by atoms with Crippen LogP contribution in [0.5, 0.6) is 0 Å². The molecular weight excluding hydrogens is 241 g/mol. The molecule has 2 atom stereocenters. The predicted molar refractivity (Wildman–Crippen MR) is 46.6 cm³/mol. The van der Waals surface area contributed by atoms with Crippen molar-refractivity contribution in [2.75, 3.05) is 0 Å². The summed E-state index contributed by atoms with van der Waals surface area (Å²) in [4.78, 5) is 0. The highest BCUT2D eigenvalue weighted by Crippen LogP contribution is 2.35. The van der Waals surface area contributed by atoms with Crippen LogP contribution < -0.4 is 0 Å². The lowest BCUT2D eigenvalue weighted by Gasteiger charge is -2.20. The fourth-order valence-electron chi connectivity index (χ4n) is 0.907. The number of rotatable bonds is 0. The molecule has 2 nitrogen and oxygen atoms in total. The van der Waals surface area contributed by atoms with Crippen LogP contribution in [0, 0.1) is 11.8 Å². The van der Waals surface area contributed by atoms with Crippen LogP contribution in [0.25, 0.3) is 0 Å². The van der Waals surface area contributed by atoms with Crippen LogP contribution in [-0.4, -0.2) is 11.6 Å². The second-order valence-corrected chi connectivity index (χ2v) is 3.82. The Labute approximate surface area is 70.4 Å². The highest BCUT2D eigenvalue weighted by molar-refractivity contribution is 14.1. The molecule has 0 spiro atoms. The van der Waals surface area contributed by atoms with Crippen molar-refractivity contribution in [3.63, 3.8) is 0 Å². The summed E-state index contributed by atoms with van der Waals surface area (Å²) in [5, 5.41) is 0. The fraction of sp³-hybridized carbons (Fsp3) is 0.429. The Morgan fingerprint density at radius 2 is 2.70 bits per heavy atom. The molecule has 2 unspecified atom stereocenters. The smallest absolute Gasteiger partial charge is 0.165 e. The molecule has 3 heteroatoms. The van der Waals surface area contributed by atoms with Crippen molar-refractivity contribution >= 4 is 21.4 Å². The van der Waals surface area contributed by atoms with Crippen LogP contribution in [-0.2, 0) is 3.07 Å². The molecule has 52 valence electrons. The third-order valence-corrected chi connectivity index (χ3v) is 3.53. The van der Waals surface area contributed by atoms with E-state index in [4.69, 9.17) is 3.07 Å². The molecule has 0 N–H and O–H groups in total. The molecule has 0 aromatic heterocycles. The number of hydrogen-bond acceptors (Lipinski definition) is 2. The summed E-state index contributed by atoms with van der Waals surface area (Å²) in [5.74, 6) is 5.93. The fourth-order valence-corrected chi connectivity index (χ4v) is 2.76. The van der Waals surface area contributed by atoms with Crippen molar-refractivity contribution in [1.29, 1.82) is 0 Å². The van der Waals surface area contributed by atoms with E-state index in [9.17, 15) is 0 Å². The van der Waals surface area contributed by atoms with E-state index in [1.807, 2.05) is 19.1 Å². The standard InChI is InChI=1S/C7H6INO/c1-7-5-3-2-4-6(7)9-8-10-7/h2,4,6H,1H3. The second kappa shape index (κ2) is 2.14. The zero-order chi connectivity index (χ0) is 7.03. The van der Waals surface area contributed by atoms with E-state index >= 15 is 0 Å². The van der Waals surface area contributed by atoms with Gasteiger partial charge in [0.2, 0.25) is 0 Å². The first kappa shape index (κ1) is 6.50. The Bertz CT molecular complexity index is 273. The molecule has 1 heterocycles. The van der Waals surface area contributed by atoms with Crippen LogP contribution in [0.4, 0.5) is 0 Å². The predicted octanol–water partition coefficient (Wildman–Crippen LogP) is 1.79. The zero-order valence-electron chi connectivity index (χ0n) is 5.47. The van der Waals surface area contributed by atoms with Gasteiger partial charge in [0, 0.05) is 0 Å². The summed E-state index contributed by atoms with van der Waals surface area (Å²) >= 11 is -0.389. The molecule has 0 bridgehead atoms. The Hall–Kier alpha value is -0.210. The van der Waals surface area contributed by atoms with Gasteiger partial charge in [0.25, 0.3) is 0 Å². The molecule has 0 fully saturated rings. The molecule has 2 aliphatic rings. The average Bonchev–Trinajstić information content (AvgIpc) is 2.29. The summed E-state index contributed by atoms with van der Waals surface area (Å²) < 4.78 is 9.79. The number of fused-ring (bicyclic) bond motifs is 1. The maximum Gasteiger partial charge on any atom is 0.165 e. The van der Waals surface area contributed by atoms with E-state index < -0.39 is 0 Å². The lowest BCUT2D eigenvalue weighted by molar-refractivity contribution is 0.215. The molecule has 0 saturated carbocycles. The van der Waals surface area contributed by atoms with Crippen molar-refractivity contribution in [2.24, 2.45) is 3.15 Å². The summed E-state index contributed by atoms with van der Waals surface area (Å²) in [6.07, 6.45) is 3.87. The van der Waals surface area contributed by atoms with Crippen LogP contribution in [0.2, 0.25) is 0 Å². The van der Waals surface area contributed by atoms with E-state index in [2.05, 4.69) is 15.0 Å². The van der Waals surface area contributed by atoms with E-state index in [1.54, 1.807) is 0 Å². The SMILES string of the molecule is CC12C#CC=CC1N=IO2. The van der Waals surface area contributed by atoms with E-state index in [0.717, 1.165) is 0 Å². The average molecular weight is 247 g/mol. The van der Waals surface area contributed by atoms with Gasteiger partial charge in [0.05, 0.1) is 0 Å². The van der Waals surface area contributed by atoms with Crippen LogP contribution >= 0.6 is 21.4 Å². The van der Waals surface area contributed by atoms with Gasteiger partial charge in [-0.25, -0.2) is 3.15 Å². The summed E-state index contributed by atoms with van der Waals surface area (Å²) in [6, 6.07) is 0.210. The molecule has 1 aliphatic heterocycles. The Morgan fingerprint density at radius 3 is 3.50 bits per heavy atom. The van der Waals surface area contributed by atoms with Crippen molar-refractivity contribution in [3.05, 3.63) is 12.2 Å². The number of hydrogen-bond donors (Lipinski definition) is 0. The van der Waals surface area contributed by atoms with Gasteiger partial charge in [-0.2, -0.15) is 0 Å². The first-order chi connectivity index (χ1) is 4.81. The zero-order valence-corrected chi connectivity index (χ0v) is 7.62. The van der Waals surface area contributed by atoms with E-state index in [1.165, 1.54) is 0 Å². The Kier molecular flexibility index (Phi) is 1.39. The summed E-state index contributed by atoms with van der Waals surface area (Å²) in [5.41, 5.74) is -0.276. The quantitative estimate of drug-likeness (QED) is 0.472. The molecule has 2 rings (SSSR count). The lowest BCUT2D eigenvalue weighted by Crippen LogP contribution is -2.33. The summed E-state index contributed by atoms with van der Waals surface area (Å²) in [6.45, 7) is 2.00. The molecule has 0 aromatic rings. The largest absolute Gasteiger partial charge is 0.285 e. The van der Waals surface area contributed by atoms with Crippen molar-refractivity contribution < 1.29 is 3.07 Å². The van der Waals surface area contributed by atoms with Crippen LogP contribution in [0.1, 0.15) is 6.92 Å². The normalized spacial score (nSPS) is 41.5. The van der Waals surface area contributed by atoms with Gasteiger partial charge >= 0.3 is 0 Å². The highest BCUT2D eigenvalue weighted by Gasteiger charge is 2.37. The molecule has 0 radical (unpaired) electrons. The number of nitrogens with zero attached hydrogens (tertiary/aromatic N) is 1. The van der Waals surface area contributed by atoms with Crippen LogP contribution in [0.3, 0.4) is 0 Å². The number of allylic oxidation sites excluding steroid dienone is 1. The van der Waals surface area contributed by atoms with Crippen LogP contribution in [0.15, 0.2) is 15.3 Å². The molecular formula is C7H6INO. The molecule has 10 heavy (non-hydrogen) atoms. The number of halogens is 1. The third-order valence-electron chi connectivity index (χ3n) is 1.59. The minimum Gasteiger partial charge on any atom is -0.285 e. The van der Waals surface area contributed by atoms with E-state index in [0.29, 0.717) is 0 Å². The highest BCUT2D eigenvalue weighted by atomic mass is 127. The first-order valence-electron chi connectivity index (χ1n) is 3.03. The first-order valence-corrected chi connectivity index (χ1v) is 4.88. The minimum atomic E-state index is -0.389. The molecule has 1 aliphatic carbocycles. The van der Waals surface area contributed by atoms with Gasteiger partial charge in [0.1, 0.15) is 6.04 Å². The van der Waals surface area contributed by atoms with Crippen molar-refractivity contribution in [3.8, 4) is 11.8 Å². The summed E-state index contributed by atoms with van der Waals surface area (Å²) in [7, 11) is 0. The van der Waals surface area contributed by atoms with E-state index in [-0.39, 0.29) is 33.1 Å². The third kappa shape index (κ3) is 0.831. The molecule has 0 saturated heterocycles. The lowest BCUT2D eigenvalue weighted by atomic mass is 9.95. The second-order valence-electron chi connectivity index (χ2n) is 2.42. The van der Waals surface area contributed by atoms with Gasteiger partial charge in [0.15, 0.2) is 27.0 Å². The maximum atomic E-state index is 5.46. The molecule has 0 aromatic carbocycles. The Balaban J connectivity index is 2.41. The topological polar surface area (TPSA) is 21.6 Å². The van der Waals surface area contributed by atoms with Gasteiger partial charge < -0.3 is 0 Å². The van der Waals surface area contributed by atoms with Gasteiger partial charge in [-0.15, -0.1) is 0 Å². The minimum absolute atomic E-state index is 0.210. The molecule has 0 amide bonds. The van der Waals surface area contributed by atoms with Gasteiger partial charge in [-0.1, -0.05) is 11.8 Å².